The Morgan fingerprint density at radius 1 is 0.329 bits per heavy atom. The molecule has 1 aliphatic carbocycles. The van der Waals surface area contributed by atoms with Crippen LogP contribution in [0.15, 0.2) is 261 Å². The van der Waals surface area contributed by atoms with Crippen LogP contribution in [-0.2, 0) is 0 Å². The van der Waals surface area contributed by atoms with E-state index in [-0.39, 0.29) is 6.04 Å². The molecule has 0 saturated carbocycles. The van der Waals surface area contributed by atoms with Crippen LogP contribution in [0.5, 0.6) is 0 Å². The van der Waals surface area contributed by atoms with Gasteiger partial charge in [-0.1, -0.05) is 158 Å². The highest BCUT2D eigenvalue weighted by molar-refractivity contribution is 6.16. The molecule has 1 atom stereocenters. The van der Waals surface area contributed by atoms with Gasteiger partial charge in [0.15, 0.2) is 5.82 Å². The summed E-state index contributed by atoms with van der Waals surface area (Å²) in [6.07, 6.45) is 9.84. The second-order valence-electron chi connectivity index (χ2n) is 20.1. The van der Waals surface area contributed by atoms with Gasteiger partial charge in [0.2, 0.25) is 0 Å². The minimum absolute atomic E-state index is 0.223. The van der Waals surface area contributed by atoms with Gasteiger partial charge in [-0.3, -0.25) is 0 Å². The first-order valence-electron chi connectivity index (χ1n) is 26.2. The second kappa shape index (κ2) is 16.7. The summed E-state index contributed by atoms with van der Waals surface area (Å²) in [6, 6.07) is 86.1. The second-order valence-corrected chi connectivity index (χ2v) is 20.1. The van der Waals surface area contributed by atoms with E-state index in [9.17, 15) is 0 Å². The lowest BCUT2D eigenvalue weighted by Crippen LogP contribution is -2.06. The van der Waals surface area contributed by atoms with Crippen molar-refractivity contribution in [1.29, 1.82) is 0 Å². The van der Waals surface area contributed by atoms with Gasteiger partial charge in [0.05, 0.1) is 44.8 Å². The Morgan fingerprint density at radius 3 is 1.45 bits per heavy atom. The number of fused-ring (bicyclic) bond motifs is 12. The average molecular weight is 971 g/mol. The molecule has 6 heteroatoms. The number of para-hydroxylation sites is 6. The van der Waals surface area contributed by atoms with Crippen molar-refractivity contribution in [3.05, 3.63) is 261 Å². The Bertz CT molecular complexity index is 4890. The SMILES string of the molecule is C1=CCC(n2c3ccccc3c3cc(-c4nc(-c5ccc6c7ccccc7n(-c7ccccc7)c6c5)c5c(n4)c4cc(-c6ccc7c(c6)c6ccccc6n7-c6ccccc6)ccc4n5-c4ccccc4)ccc32)C=C1. The maximum atomic E-state index is 5.77. The topological polar surface area (TPSA) is 45.5 Å². The van der Waals surface area contributed by atoms with Crippen LogP contribution >= 0.6 is 0 Å². The summed E-state index contributed by atoms with van der Waals surface area (Å²) in [7, 11) is 0. The van der Waals surface area contributed by atoms with Crippen molar-refractivity contribution in [1.82, 2.24) is 28.2 Å². The summed E-state index contributed by atoms with van der Waals surface area (Å²) in [4.78, 5) is 11.5. The zero-order chi connectivity index (χ0) is 49.8. The van der Waals surface area contributed by atoms with Crippen LogP contribution in [-0.4, -0.2) is 28.2 Å². The molecular formula is C70H46N6. The van der Waals surface area contributed by atoms with Gasteiger partial charge in [-0.05, 0) is 121 Å². The monoisotopic (exact) mass is 970 g/mol. The predicted octanol–water partition coefficient (Wildman–Crippen LogP) is 17.9. The van der Waals surface area contributed by atoms with Gasteiger partial charge in [-0.2, -0.15) is 0 Å². The van der Waals surface area contributed by atoms with E-state index in [0.717, 1.165) is 84.4 Å². The highest BCUT2D eigenvalue weighted by Crippen LogP contribution is 2.44. The molecule has 356 valence electrons. The van der Waals surface area contributed by atoms with Crippen molar-refractivity contribution in [2.45, 2.75) is 12.5 Å². The van der Waals surface area contributed by atoms with E-state index in [4.69, 9.17) is 9.97 Å². The summed E-state index contributed by atoms with van der Waals surface area (Å²) in [6.45, 7) is 0. The van der Waals surface area contributed by atoms with Crippen LogP contribution in [0.1, 0.15) is 12.5 Å². The van der Waals surface area contributed by atoms with Crippen LogP contribution in [0.25, 0.3) is 138 Å². The van der Waals surface area contributed by atoms with Crippen LogP contribution in [0, 0.1) is 0 Å². The molecule has 5 heterocycles. The third-order valence-corrected chi connectivity index (χ3v) is 15.9. The van der Waals surface area contributed by atoms with E-state index in [2.05, 4.69) is 279 Å². The average Bonchev–Trinajstić information content (AvgIpc) is 4.23. The van der Waals surface area contributed by atoms with Crippen LogP contribution < -0.4 is 0 Å². The molecule has 0 aliphatic heterocycles. The maximum absolute atomic E-state index is 5.77. The Hall–Kier alpha value is -10.0. The summed E-state index contributed by atoms with van der Waals surface area (Å²) in [5.74, 6) is 0.679. The van der Waals surface area contributed by atoms with Crippen molar-refractivity contribution < 1.29 is 0 Å². The molecule has 1 unspecified atom stereocenters. The molecule has 0 fully saturated rings. The van der Waals surface area contributed by atoms with Crippen LogP contribution in [0.3, 0.4) is 0 Å². The molecule has 0 bridgehead atoms. The summed E-state index contributed by atoms with van der Waals surface area (Å²) in [5, 5.41) is 8.31. The normalized spacial score (nSPS) is 13.8. The van der Waals surface area contributed by atoms with Crippen molar-refractivity contribution in [2.75, 3.05) is 0 Å². The number of benzene rings is 10. The molecule has 16 rings (SSSR count). The number of hydrogen-bond acceptors (Lipinski definition) is 2. The van der Waals surface area contributed by atoms with E-state index >= 15 is 0 Å². The Kier molecular flexibility index (Phi) is 9.36. The van der Waals surface area contributed by atoms with Crippen LogP contribution in [0.2, 0.25) is 0 Å². The predicted molar refractivity (Wildman–Crippen MR) is 316 cm³/mol. The van der Waals surface area contributed by atoms with Crippen molar-refractivity contribution in [3.63, 3.8) is 0 Å². The van der Waals surface area contributed by atoms with Gasteiger partial charge in [0.1, 0.15) is 5.52 Å². The lowest BCUT2D eigenvalue weighted by Gasteiger charge is -2.18. The van der Waals surface area contributed by atoms with Gasteiger partial charge in [0.25, 0.3) is 0 Å². The van der Waals surface area contributed by atoms with Gasteiger partial charge in [0, 0.05) is 76.9 Å². The number of aromatic nitrogens is 6. The number of nitrogens with zero attached hydrogens (tertiary/aromatic N) is 6. The zero-order valence-electron chi connectivity index (χ0n) is 41.3. The minimum atomic E-state index is 0.223. The van der Waals surface area contributed by atoms with E-state index in [1.54, 1.807) is 0 Å². The Morgan fingerprint density at radius 2 is 0.789 bits per heavy atom. The van der Waals surface area contributed by atoms with E-state index in [1.165, 1.54) is 54.4 Å². The van der Waals surface area contributed by atoms with E-state index < -0.39 is 0 Å². The first-order valence-corrected chi connectivity index (χ1v) is 26.2. The standard InChI is InChI=1S/C70H46N6/c1-5-19-49(20-6-1)73-61-31-17-14-28-54(61)57-41-45(34-38-63(57)73)46-35-39-65-59(42-46)68-69(76(65)52-25-11-4-12-26-52)67(47-33-37-56-53-27-13-16-30-60(53)75(66(56)44-47)51-23-9-3-10-24-51)71-70(72-68)48-36-40-64-58(43-48)55-29-15-18-32-62(55)74(64)50-21-7-2-8-22-50/h1-21,23-44,50H,22H2. The third-order valence-electron chi connectivity index (χ3n) is 15.9. The Labute approximate surface area is 437 Å². The molecule has 76 heavy (non-hydrogen) atoms. The quantitative estimate of drug-likeness (QED) is 0.160. The lowest BCUT2D eigenvalue weighted by molar-refractivity contribution is 0.648. The lowest BCUT2D eigenvalue weighted by atomic mass is 10.0. The summed E-state index contributed by atoms with van der Waals surface area (Å²) < 4.78 is 9.64. The molecule has 5 aromatic heterocycles. The highest BCUT2D eigenvalue weighted by Gasteiger charge is 2.25. The smallest absolute Gasteiger partial charge is 0.160 e. The van der Waals surface area contributed by atoms with Crippen molar-refractivity contribution in [3.8, 4) is 50.8 Å². The van der Waals surface area contributed by atoms with Crippen molar-refractivity contribution >= 4 is 87.4 Å². The molecule has 0 amide bonds. The fraction of sp³-hybridized carbons (Fsp3) is 0.0286. The number of hydrogen-bond donors (Lipinski definition) is 0. The molecule has 10 aromatic carbocycles. The van der Waals surface area contributed by atoms with E-state index in [0.29, 0.717) is 5.82 Å². The third kappa shape index (κ3) is 6.40. The summed E-state index contributed by atoms with van der Waals surface area (Å²) >= 11 is 0. The van der Waals surface area contributed by atoms with Gasteiger partial charge in [-0.25, -0.2) is 9.97 Å². The fourth-order valence-electron chi connectivity index (χ4n) is 12.5. The zero-order valence-corrected chi connectivity index (χ0v) is 41.3. The van der Waals surface area contributed by atoms with Gasteiger partial charge < -0.3 is 18.3 Å². The minimum Gasteiger partial charge on any atom is -0.333 e. The first-order chi connectivity index (χ1) is 37.7. The summed E-state index contributed by atoms with van der Waals surface area (Å²) in [5.41, 5.74) is 18.4. The maximum Gasteiger partial charge on any atom is 0.160 e. The molecule has 1 aliphatic rings. The van der Waals surface area contributed by atoms with E-state index in [1.807, 2.05) is 0 Å². The van der Waals surface area contributed by atoms with Gasteiger partial charge in [-0.15, -0.1) is 0 Å². The molecule has 0 spiro atoms. The van der Waals surface area contributed by atoms with Gasteiger partial charge >= 0.3 is 0 Å². The molecule has 6 nitrogen and oxygen atoms in total. The Balaban J connectivity index is 0.979. The van der Waals surface area contributed by atoms with Crippen molar-refractivity contribution in [2.24, 2.45) is 0 Å². The number of allylic oxidation sites excluding steroid dienone is 4. The first kappa shape index (κ1) is 42.5. The molecule has 15 aromatic rings. The fourth-order valence-corrected chi connectivity index (χ4v) is 12.5. The largest absolute Gasteiger partial charge is 0.333 e. The molecule has 0 radical (unpaired) electrons. The molecule has 0 saturated heterocycles. The van der Waals surface area contributed by atoms with Crippen LogP contribution in [0.4, 0.5) is 0 Å². The molecule has 0 N–H and O–H groups in total. The molecular weight excluding hydrogens is 925 g/mol. The highest BCUT2D eigenvalue weighted by atomic mass is 15.0. The number of rotatable bonds is 7.